The molecule has 2 aromatic rings. The molecule has 0 radical (unpaired) electrons. The molecule has 23 heavy (non-hydrogen) atoms. The van der Waals surface area contributed by atoms with Crippen molar-refractivity contribution in [2.24, 2.45) is 13.0 Å². The van der Waals surface area contributed by atoms with Crippen LogP contribution in [0.2, 0.25) is 0 Å². The molecule has 3 rings (SSSR count). The number of imidazole rings is 1. The van der Waals surface area contributed by atoms with Crippen LogP contribution in [0.5, 0.6) is 0 Å². The molecule has 0 aliphatic carbocycles. The normalized spacial score (nSPS) is 17.5. The van der Waals surface area contributed by atoms with Crippen molar-refractivity contribution >= 4 is 5.91 Å². The summed E-state index contributed by atoms with van der Waals surface area (Å²) in [5, 5.41) is 10.5. The van der Waals surface area contributed by atoms with Gasteiger partial charge in [0, 0.05) is 32.5 Å². The first kappa shape index (κ1) is 15.8. The quantitative estimate of drug-likeness (QED) is 0.942. The Labute approximate surface area is 135 Å². The third-order valence-electron chi connectivity index (χ3n) is 4.67. The number of aliphatic hydroxyl groups is 1. The van der Waals surface area contributed by atoms with Crippen LogP contribution in [0.1, 0.15) is 46.6 Å². The fourth-order valence-corrected chi connectivity index (χ4v) is 3.30. The minimum atomic E-state index is -0.579. The van der Waals surface area contributed by atoms with Crippen molar-refractivity contribution in [3.05, 3.63) is 41.4 Å². The molecule has 0 bridgehead atoms. The van der Waals surface area contributed by atoms with Gasteiger partial charge in [-0.2, -0.15) is 0 Å². The lowest BCUT2D eigenvalue weighted by Crippen LogP contribution is -2.40. The van der Waals surface area contributed by atoms with Crippen molar-refractivity contribution in [3.8, 4) is 0 Å². The first-order chi connectivity index (χ1) is 11.0. The number of likely N-dealkylation sites (tertiary alicyclic amines) is 1. The van der Waals surface area contributed by atoms with Crippen molar-refractivity contribution in [1.29, 1.82) is 0 Å². The predicted octanol–water partition coefficient (Wildman–Crippen LogP) is 2.22. The third-order valence-corrected chi connectivity index (χ3v) is 4.67. The van der Waals surface area contributed by atoms with Crippen LogP contribution in [0.3, 0.4) is 0 Å². The summed E-state index contributed by atoms with van der Waals surface area (Å²) in [4.78, 5) is 18.7. The van der Waals surface area contributed by atoms with Gasteiger partial charge < -0.3 is 19.0 Å². The van der Waals surface area contributed by atoms with Crippen LogP contribution in [-0.4, -0.2) is 38.6 Å². The number of aryl methyl sites for hydroxylation is 3. The standard InChI is InChI=1S/C17H23N3O3/c1-11-10-14(12(2)23-11)17(22)20-7-4-13(5-8-20)15(21)16-18-6-9-19(16)3/h6,9-10,13,15,21H,4-5,7-8H2,1-3H3/t15-/m1/s1. The van der Waals surface area contributed by atoms with E-state index in [-0.39, 0.29) is 11.8 Å². The number of nitrogens with zero attached hydrogens (tertiary/aromatic N) is 3. The van der Waals surface area contributed by atoms with Gasteiger partial charge in [-0.1, -0.05) is 0 Å². The Morgan fingerprint density at radius 1 is 1.39 bits per heavy atom. The van der Waals surface area contributed by atoms with E-state index >= 15 is 0 Å². The highest BCUT2D eigenvalue weighted by Gasteiger charge is 2.31. The zero-order valence-electron chi connectivity index (χ0n) is 13.8. The number of aliphatic hydroxyl groups excluding tert-OH is 1. The average Bonchev–Trinajstić information content (AvgIpc) is 3.11. The molecule has 1 atom stereocenters. The lowest BCUT2D eigenvalue weighted by Gasteiger charge is -2.34. The van der Waals surface area contributed by atoms with Gasteiger partial charge >= 0.3 is 0 Å². The van der Waals surface area contributed by atoms with E-state index in [0.717, 1.165) is 18.6 Å². The molecule has 1 aliphatic rings. The summed E-state index contributed by atoms with van der Waals surface area (Å²) in [6.07, 6.45) is 4.50. The minimum absolute atomic E-state index is 0.0179. The molecule has 0 unspecified atom stereocenters. The zero-order chi connectivity index (χ0) is 16.6. The van der Waals surface area contributed by atoms with Crippen LogP contribution >= 0.6 is 0 Å². The lowest BCUT2D eigenvalue weighted by molar-refractivity contribution is 0.0419. The molecule has 124 valence electrons. The lowest BCUT2D eigenvalue weighted by atomic mass is 9.90. The summed E-state index contributed by atoms with van der Waals surface area (Å²) in [6.45, 7) is 4.96. The van der Waals surface area contributed by atoms with Crippen molar-refractivity contribution in [2.75, 3.05) is 13.1 Å². The van der Waals surface area contributed by atoms with Gasteiger partial charge in [-0.3, -0.25) is 4.79 Å². The second-order valence-corrected chi connectivity index (χ2v) is 6.30. The molecule has 2 aromatic heterocycles. The molecule has 0 saturated carbocycles. The predicted molar refractivity (Wildman–Crippen MR) is 85.0 cm³/mol. The number of furan rings is 1. The molecule has 1 fully saturated rings. The van der Waals surface area contributed by atoms with Gasteiger partial charge in [0.2, 0.25) is 0 Å². The van der Waals surface area contributed by atoms with Gasteiger partial charge in [0.05, 0.1) is 5.56 Å². The van der Waals surface area contributed by atoms with Gasteiger partial charge in [0.25, 0.3) is 5.91 Å². The zero-order valence-corrected chi connectivity index (χ0v) is 13.8. The smallest absolute Gasteiger partial charge is 0.257 e. The second kappa shape index (κ2) is 6.20. The Kier molecular flexibility index (Phi) is 4.26. The Morgan fingerprint density at radius 2 is 2.09 bits per heavy atom. The maximum absolute atomic E-state index is 12.6. The molecule has 0 spiro atoms. The number of hydrogen-bond acceptors (Lipinski definition) is 4. The van der Waals surface area contributed by atoms with Crippen molar-refractivity contribution < 1.29 is 14.3 Å². The van der Waals surface area contributed by atoms with E-state index in [0.29, 0.717) is 30.2 Å². The molecule has 1 aliphatic heterocycles. The highest BCUT2D eigenvalue weighted by atomic mass is 16.3. The summed E-state index contributed by atoms with van der Waals surface area (Å²) in [5.41, 5.74) is 0.644. The molecule has 1 N–H and O–H groups in total. The Bertz CT molecular complexity index is 696. The number of aromatic nitrogens is 2. The topological polar surface area (TPSA) is 71.5 Å². The SMILES string of the molecule is Cc1cc(C(=O)N2CCC([C@@H](O)c3nccn3C)CC2)c(C)o1. The minimum Gasteiger partial charge on any atom is -0.466 e. The number of amides is 1. The van der Waals surface area contributed by atoms with Crippen molar-refractivity contribution in [1.82, 2.24) is 14.5 Å². The van der Waals surface area contributed by atoms with Crippen LogP contribution in [-0.2, 0) is 7.05 Å². The van der Waals surface area contributed by atoms with Gasteiger partial charge in [0.1, 0.15) is 23.4 Å². The van der Waals surface area contributed by atoms with Gasteiger partial charge in [0.15, 0.2) is 0 Å². The highest BCUT2D eigenvalue weighted by Crippen LogP contribution is 2.30. The number of carbonyl (C=O) groups is 1. The summed E-state index contributed by atoms with van der Waals surface area (Å²) in [6, 6.07) is 1.80. The largest absolute Gasteiger partial charge is 0.466 e. The number of hydrogen-bond donors (Lipinski definition) is 1. The second-order valence-electron chi connectivity index (χ2n) is 6.30. The third kappa shape index (κ3) is 3.03. The fourth-order valence-electron chi connectivity index (χ4n) is 3.30. The molecule has 1 amide bonds. The Morgan fingerprint density at radius 3 is 2.61 bits per heavy atom. The van der Waals surface area contributed by atoms with Crippen LogP contribution in [0.4, 0.5) is 0 Å². The maximum Gasteiger partial charge on any atom is 0.257 e. The van der Waals surface area contributed by atoms with E-state index in [1.807, 2.05) is 36.6 Å². The van der Waals surface area contributed by atoms with Crippen LogP contribution < -0.4 is 0 Å². The first-order valence-electron chi connectivity index (χ1n) is 7.99. The van der Waals surface area contributed by atoms with Crippen LogP contribution in [0, 0.1) is 19.8 Å². The summed E-state index contributed by atoms with van der Waals surface area (Å²) in [7, 11) is 1.88. The molecular formula is C17H23N3O3. The van der Waals surface area contributed by atoms with Crippen LogP contribution in [0.25, 0.3) is 0 Å². The summed E-state index contributed by atoms with van der Waals surface area (Å²) < 4.78 is 7.30. The van der Waals surface area contributed by atoms with Gasteiger partial charge in [-0.05, 0) is 38.7 Å². The van der Waals surface area contributed by atoms with E-state index in [1.165, 1.54) is 0 Å². The fraction of sp³-hybridized carbons (Fsp3) is 0.529. The molecule has 6 nitrogen and oxygen atoms in total. The molecule has 6 heteroatoms. The van der Waals surface area contributed by atoms with Crippen molar-refractivity contribution in [3.63, 3.8) is 0 Å². The van der Waals surface area contributed by atoms with Gasteiger partial charge in [-0.15, -0.1) is 0 Å². The molecule has 1 saturated heterocycles. The van der Waals surface area contributed by atoms with Crippen LogP contribution in [0.15, 0.2) is 22.9 Å². The molecule has 0 aromatic carbocycles. The Hall–Kier alpha value is -2.08. The monoisotopic (exact) mass is 317 g/mol. The van der Waals surface area contributed by atoms with E-state index in [9.17, 15) is 9.90 Å². The first-order valence-corrected chi connectivity index (χ1v) is 7.99. The number of piperidine rings is 1. The van der Waals surface area contributed by atoms with E-state index in [1.54, 1.807) is 12.3 Å². The number of rotatable bonds is 3. The van der Waals surface area contributed by atoms with E-state index in [4.69, 9.17) is 4.42 Å². The van der Waals surface area contributed by atoms with E-state index in [2.05, 4.69) is 4.98 Å². The van der Waals surface area contributed by atoms with E-state index < -0.39 is 6.10 Å². The maximum atomic E-state index is 12.6. The summed E-state index contributed by atoms with van der Waals surface area (Å²) in [5.74, 6) is 2.27. The average molecular weight is 317 g/mol. The highest BCUT2D eigenvalue weighted by molar-refractivity contribution is 5.95. The number of carbonyl (C=O) groups excluding carboxylic acids is 1. The van der Waals surface area contributed by atoms with Gasteiger partial charge in [-0.25, -0.2) is 4.98 Å². The van der Waals surface area contributed by atoms with Crippen molar-refractivity contribution in [2.45, 2.75) is 32.8 Å². The molecule has 3 heterocycles. The molecular weight excluding hydrogens is 294 g/mol. The summed E-state index contributed by atoms with van der Waals surface area (Å²) >= 11 is 0. The Balaban J connectivity index is 1.63.